The highest BCUT2D eigenvalue weighted by Crippen LogP contribution is 2.34. The van der Waals surface area contributed by atoms with Gasteiger partial charge in [0, 0.05) is 20.6 Å². The zero-order valence-corrected chi connectivity index (χ0v) is 22.2. The van der Waals surface area contributed by atoms with Crippen molar-refractivity contribution in [1.29, 1.82) is 0 Å². The van der Waals surface area contributed by atoms with Gasteiger partial charge in [0.1, 0.15) is 6.61 Å². The molecule has 0 aromatic heterocycles. The molecule has 0 heterocycles. The lowest BCUT2D eigenvalue weighted by atomic mass is 9.85. The van der Waals surface area contributed by atoms with Crippen LogP contribution in [0.3, 0.4) is 0 Å². The van der Waals surface area contributed by atoms with Crippen LogP contribution in [0, 0.1) is 0 Å². The summed E-state index contributed by atoms with van der Waals surface area (Å²) in [6.07, 6.45) is 1.46. The number of methoxy groups -OCH3 is 1. The van der Waals surface area contributed by atoms with Gasteiger partial charge in [-0.05, 0) is 45.3 Å². The average Bonchev–Trinajstić information content (AvgIpc) is 2.94. The number of benzene rings is 4. The predicted octanol–water partition coefficient (Wildman–Crippen LogP) is 6.08. The normalized spacial score (nSPS) is 11.4. The number of carbonyl (C=O) groups is 1. The molecule has 1 amide bonds. The Morgan fingerprint density at radius 2 is 1.57 bits per heavy atom. The van der Waals surface area contributed by atoms with Crippen LogP contribution in [0.2, 0.25) is 5.02 Å². The molecule has 4 aromatic rings. The molecule has 4 aromatic carbocycles. The van der Waals surface area contributed by atoms with Gasteiger partial charge in [-0.1, -0.05) is 90.5 Å². The Morgan fingerprint density at radius 3 is 2.16 bits per heavy atom. The van der Waals surface area contributed by atoms with Gasteiger partial charge in [-0.2, -0.15) is 5.10 Å². The molecule has 188 valence electrons. The topological polar surface area (TPSA) is 80.2 Å². The van der Waals surface area contributed by atoms with Crippen molar-refractivity contribution in [2.24, 2.45) is 5.10 Å². The number of aliphatic hydroxyl groups is 1. The summed E-state index contributed by atoms with van der Waals surface area (Å²) < 4.78 is 12.1. The molecule has 2 N–H and O–H groups in total. The lowest BCUT2D eigenvalue weighted by molar-refractivity contribution is -0.136. The summed E-state index contributed by atoms with van der Waals surface area (Å²) in [5.74, 6) is 0.301. The number of nitrogens with one attached hydrogen (secondary N) is 1. The highest BCUT2D eigenvalue weighted by Gasteiger charge is 2.39. The van der Waals surface area contributed by atoms with E-state index in [0.717, 1.165) is 5.56 Å². The van der Waals surface area contributed by atoms with Gasteiger partial charge in [0.05, 0.1) is 13.3 Å². The summed E-state index contributed by atoms with van der Waals surface area (Å²) in [4.78, 5) is 13.2. The molecule has 0 aliphatic carbocycles. The second-order valence-corrected chi connectivity index (χ2v) is 9.31. The minimum absolute atomic E-state index is 0.267. The van der Waals surface area contributed by atoms with E-state index in [0.29, 0.717) is 37.7 Å². The van der Waals surface area contributed by atoms with Crippen molar-refractivity contribution in [3.8, 4) is 11.5 Å². The van der Waals surface area contributed by atoms with E-state index >= 15 is 0 Å². The third-order valence-corrected chi connectivity index (χ3v) is 6.76. The lowest BCUT2D eigenvalue weighted by Crippen LogP contribution is -2.43. The summed E-state index contributed by atoms with van der Waals surface area (Å²) in [6, 6.07) is 28.4. The number of nitrogens with zero attached hydrogens (tertiary/aromatic N) is 1. The molecular weight excluding hydrogens is 556 g/mol. The summed E-state index contributed by atoms with van der Waals surface area (Å²) in [5.41, 5.74) is 2.88. The smallest absolute Gasteiger partial charge is 0.281 e. The molecule has 0 aliphatic rings. The van der Waals surface area contributed by atoms with Crippen molar-refractivity contribution in [3.63, 3.8) is 0 Å². The van der Waals surface area contributed by atoms with Crippen molar-refractivity contribution in [2.45, 2.75) is 12.2 Å². The maximum Gasteiger partial charge on any atom is 0.281 e. The quantitative estimate of drug-likeness (QED) is 0.186. The van der Waals surface area contributed by atoms with Crippen LogP contribution in [0.5, 0.6) is 11.5 Å². The number of hydrogen-bond acceptors (Lipinski definition) is 5. The molecule has 0 unspecified atom stereocenters. The van der Waals surface area contributed by atoms with E-state index in [1.807, 2.05) is 30.3 Å². The first-order valence-electron chi connectivity index (χ1n) is 11.3. The van der Waals surface area contributed by atoms with Gasteiger partial charge in [-0.25, -0.2) is 5.43 Å². The van der Waals surface area contributed by atoms with Crippen LogP contribution < -0.4 is 14.9 Å². The SMILES string of the molecule is COc1cc(C=NNC(=O)C(O)(c2ccccc2)c2ccccc2)c(Br)cc1OCc1ccccc1Cl. The number of amides is 1. The van der Waals surface area contributed by atoms with E-state index in [9.17, 15) is 9.90 Å². The molecule has 0 fully saturated rings. The Hall–Kier alpha value is -3.65. The fourth-order valence-corrected chi connectivity index (χ4v) is 4.34. The van der Waals surface area contributed by atoms with Gasteiger partial charge in [0.2, 0.25) is 0 Å². The Balaban J connectivity index is 1.53. The summed E-state index contributed by atoms with van der Waals surface area (Å²) in [5, 5.41) is 16.2. The van der Waals surface area contributed by atoms with Gasteiger partial charge >= 0.3 is 0 Å². The minimum Gasteiger partial charge on any atom is -0.493 e. The largest absolute Gasteiger partial charge is 0.493 e. The Kier molecular flexibility index (Phi) is 8.61. The van der Waals surface area contributed by atoms with Crippen molar-refractivity contribution < 1.29 is 19.4 Å². The molecular formula is C29H24BrClN2O4. The lowest BCUT2D eigenvalue weighted by Gasteiger charge is -2.27. The van der Waals surface area contributed by atoms with Gasteiger partial charge < -0.3 is 14.6 Å². The van der Waals surface area contributed by atoms with Gasteiger partial charge in [-0.15, -0.1) is 0 Å². The van der Waals surface area contributed by atoms with E-state index in [4.69, 9.17) is 21.1 Å². The first kappa shape index (κ1) is 26.4. The molecule has 8 heteroatoms. The molecule has 0 spiro atoms. The van der Waals surface area contributed by atoms with Crippen LogP contribution in [0.4, 0.5) is 0 Å². The van der Waals surface area contributed by atoms with Crippen molar-refractivity contribution >= 4 is 39.7 Å². The number of halogens is 2. The fourth-order valence-electron chi connectivity index (χ4n) is 3.72. The first-order chi connectivity index (χ1) is 17.9. The third kappa shape index (κ3) is 6.02. The van der Waals surface area contributed by atoms with Crippen molar-refractivity contribution in [1.82, 2.24) is 5.43 Å². The average molecular weight is 580 g/mol. The van der Waals surface area contributed by atoms with Crippen LogP contribution in [-0.4, -0.2) is 24.3 Å². The zero-order valence-electron chi connectivity index (χ0n) is 19.9. The van der Waals surface area contributed by atoms with Crippen LogP contribution in [0.15, 0.2) is 107 Å². The Labute approximate surface area is 228 Å². The number of hydrogen-bond donors (Lipinski definition) is 2. The van der Waals surface area contributed by atoms with Crippen molar-refractivity contribution in [2.75, 3.05) is 7.11 Å². The van der Waals surface area contributed by atoms with Gasteiger partial charge in [0.15, 0.2) is 17.1 Å². The second-order valence-electron chi connectivity index (χ2n) is 8.05. The standard InChI is InChI=1S/C29H24BrClN2O4/c1-36-26-16-21(24(30)17-27(26)37-19-20-10-8-9-15-25(20)31)18-32-33-28(34)29(35,22-11-4-2-5-12-22)23-13-6-3-7-14-23/h2-18,35H,19H2,1H3,(H,33,34). The van der Waals surface area contributed by atoms with Gasteiger partial charge in [0.25, 0.3) is 5.91 Å². The summed E-state index contributed by atoms with van der Waals surface area (Å²) >= 11 is 9.74. The Bertz CT molecular complexity index is 1360. The number of hydrazone groups is 1. The van der Waals surface area contributed by atoms with E-state index < -0.39 is 11.5 Å². The van der Waals surface area contributed by atoms with E-state index in [-0.39, 0.29) is 6.61 Å². The highest BCUT2D eigenvalue weighted by molar-refractivity contribution is 9.10. The highest BCUT2D eigenvalue weighted by atomic mass is 79.9. The zero-order chi connectivity index (χ0) is 26.3. The first-order valence-corrected chi connectivity index (χ1v) is 12.5. The molecule has 37 heavy (non-hydrogen) atoms. The van der Waals surface area contributed by atoms with Gasteiger partial charge in [-0.3, -0.25) is 4.79 Å². The number of rotatable bonds is 9. The predicted molar refractivity (Wildman–Crippen MR) is 148 cm³/mol. The van der Waals surface area contributed by atoms with E-state index in [1.54, 1.807) is 66.7 Å². The maximum atomic E-state index is 13.2. The van der Waals surface area contributed by atoms with Crippen LogP contribution >= 0.6 is 27.5 Å². The van der Waals surface area contributed by atoms with E-state index in [1.165, 1.54) is 13.3 Å². The maximum absolute atomic E-state index is 13.2. The molecule has 0 radical (unpaired) electrons. The molecule has 4 rings (SSSR count). The third-order valence-electron chi connectivity index (χ3n) is 5.71. The van der Waals surface area contributed by atoms with Crippen molar-refractivity contribution in [3.05, 3.63) is 129 Å². The molecule has 0 bridgehead atoms. The number of ether oxygens (including phenoxy) is 2. The molecule has 0 saturated carbocycles. The molecule has 0 saturated heterocycles. The van der Waals surface area contributed by atoms with Crippen LogP contribution in [-0.2, 0) is 17.0 Å². The van der Waals surface area contributed by atoms with Crippen LogP contribution in [0.1, 0.15) is 22.3 Å². The number of carbonyl (C=O) groups excluding carboxylic acids is 1. The summed E-state index contributed by atoms with van der Waals surface area (Å²) in [6.45, 7) is 0.267. The minimum atomic E-state index is -1.93. The molecule has 6 nitrogen and oxygen atoms in total. The van der Waals surface area contributed by atoms with Crippen LogP contribution in [0.25, 0.3) is 0 Å². The molecule has 0 atom stereocenters. The summed E-state index contributed by atoms with van der Waals surface area (Å²) in [7, 11) is 1.54. The fraction of sp³-hybridized carbons (Fsp3) is 0.103. The second kappa shape index (κ2) is 12.1. The van der Waals surface area contributed by atoms with E-state index in [2.05, 4.69) is 26.5 Å². The monoisotopic (exact) mass is 578 g/mol. The Morgan fingerprint density at radius 1 is 0.973 bits per heavy atom. The molecule has 0 aliphatic heterocycles.